The summed E-state index contributed by atoms with van der Waals surface area (Å²) in [5.41, 5.74) is 0. The highest BCUT2D eigenvalue weighted by atomic mass is 16.5. The first kappa shape index (κ1) is 16.8. The lowest BCUT2D eigenvalue weighted by Gasteiger charge is -2.17. The molecule has 0 radical (unpaired) electrons. The largest absolute Gasteiger partial charge is 0.392 e. The topological polar surface area (TPSA) is 71.0 Å². The summed E-state index contributed by atoms with van der Waals surface area (Å²) in [6.45, 7) is 8.80. The molecule has 0 aliphatic carbocycles. The van der Waals surface area contributed by atoms with Crippen LogP contribution in [-0.2, 0) is 9.47 Å². The van der Waals surface area contributed by atoms with Gasteiger partial charge in [0.2, 0.25) is 0 Å². The van der Waals surface area contributed by atoms with Crippen molar-refractivity contribution in [2.45, 2.75) is 33.0 Å². The first-order valence-corrected chi connectivity index (χ1v) is 6.30. The second-order valence-electron chi connectivity index (χ2n) is 4.40. The first-order valence-electron chi connectivity index (χ1n) is 6.30. The minimum atomic E-state index is -0.545. The molecular formula is C12H27NO4. The van der Waals surface area contributed by atoms with Gasteiger partial charge in [0.05, 0.1) is 32.0 Å². The van der Waals surface area contributed by atoms with Crippen molar-refractivity contribution < 1.29 is 19.7 Å². The molecule has 0 heterocycles. The third-order valence-corrected chi connectivity index (χ3v) is 2.39. The van der Waals surface area contributed by atoms with Gasteiger partial charge in [-0.15, -0.1) is 0 Å². The van der Waals surface area contributed by atoms with Crippen molar-refractivity contribution >= 4 is 0 Å². The van der Waals surface area contributed by atoms with E-state index in [0.29, 0.717) is 32.9 Å². The van der Waals surface area contributed by atoms with Gasteiger partial charge in [-0.2, -0.15) is 0 Å². The predicted molar refractivity (Wildman–Crippen MR) is 67.0 cm³/mol. The minimum Gasteiger partial charge on any atom is -0.392 e. The van der Waals surface area contributed by atoms with Crippen LogP contribution in [-0.4, -0.2) is 61.9 Å². The molecule has 0 aromatic carbocycles. The lowest BCUT2D eigenvalue weighted by molar-refractivity contribution is 0.00526. The van der Waals surface area contributed by atoms with Crippen LogP contribution in [0.5, 0.6) is 0 Å². The van der Waals surface area contributed by atoms with Gasteiger partial charge in [-0.05, 0) is 12.8 Å². The Morgan fingerprint density at radius 2 is 1.71 bits per heavy atom. The van der Waals surface area contributed by atoms with Crippen LogP contribution in [0, 0.1) is 5.92 Å². The zero-order valence-electron chi connectivity index (χ0n) is 11.2. The summed E-state index contributed by atoms with van der Waals surface area (Å²) in [5.74, 6) is 0.224. The molecule has 0 spiro atoms. The Morgan fingerprint density at radius 3 is 2.29 bits per heavy atom. The van der Waals surface area contributed by atoms with Gasteiger partial charge in [-0.1, -0.05) is 13.8 Å². The molecule has 5 nitrogen and oxygen atoms in total. The monoisotopic (exact) mass is 249 g/mol. The van der Waals surface area contributed by atoms with Crippen LogP contribution in [0.15, 0.2) is 0 Å². The number of nitrogens with one attached hydrogen (secondary N) is 1. The van der Waals surface area contributed by atoms with Gasteiger partial charge in [0.15, 0.2) is 0 Å². The first-order chi connectivity index (χ1) is 8.07. The SMILES string of the molecule is CCOCCOCC(O)CNCC(O)C(C)C. The van der Waals surface area contributed by atoms with Crippen molar-refractivity contribution in [2.75, 3.05) is 39.5 Å². The van der Waals surface area contributed by atoms with Gasteiger partial charge >= 0.3 is 0 Å². The van der Waals surface area contributed by atoms with Crippen LogP contribution in [0.3, 0.4) is 0 Å². The molecule has 0 aliphatic rings. The van der Waals surface area contributed by atoms with Crippen molar-refractivity contribution in [1.29, 1.82) is 0 Å². The lowest BCUT2D eigenvalue weighted by Crippen LogP contribution is -2.37. The summed E-state index contributed by atoms with van der Waals surface area (Å²) in [5, 5.41) is 22.1. The molecule has 0 fully saturated rings. The molecule has 0 rings (SSSR count). The zero-order valence-corrected chi connectivity index (χ0v) is 11.2. The third-order valence-electron chi connectivity index (χ3n) is 2.39. The Morgan fingerprint density at radius 1 is 1.06 bits per heavy atom. The maximum atomic E-state index is 9.55. The van der Waals surface area contributed by atoms with Crippen molar-refractivity contribution in [3.63, 3.8) is 0 Å². The van der Waals surface area contributed by atoms with Crippen LogP contribution in [0.25, 0.3) is 0 Å². The molecule has 104 valence electrons. The molecule has 0 aliphatic heterocycles. The summed E-state index contributed by atoms with van der Waals surface area (Å²) in [7, 11) is 0. The quantitative estimate of drug-likeness (QED) is 0.450. The summed E-state index contributed by atoms with van der Waals surface area (Å²) in [6, 6.07) is 0. The van der Waals surface area contributed by atoms with Gasteiger partial charge < -0.3 is 25.0 Å². The van der Waals surface area contributed by atoms with E-state index in [-0.39, 0.29) is 18.6 Å². The fraction of sp³-hybridized carbons (Fsp3) is 1.00. The summed E-state index contributed by atoms with van der Waals surface area (Å²) in [4.78, 5) is 0. The van der Waals surface area contributed by atoms with Crippen molar-refractivity contribution in [3.8, 4) is 0 Å². The van der Waals surface area contributed by atoms with E-state index < -0.39 is 6.10 Å². The summed E-state index contributed by atoms with van der Waals surface area (Å²) < 4.78 is 10.3. The Labute approximate surface area is 104 Å². The lowest BCUT2D eigenvalue weighted by atomic mass is 10.1. The normalized spacial score (nSPS) is 15.2. The molecule has 0 amide bonds. The summed E-state index contributed by atoms with van der Waals surface area (Å²) >= 11 is 0. The number of aliphatic hydroxyl groups excluding tert-OH is 2. The molecule has 0 aromatic heterocycles. The molecule has 2 atom stereocenters. The van der Waals surface area contributed by atoms with Gasteiger partial charge in [-0.3, -0.25) is 0 Å². The molecule has 2 unspecified atom stereocenters. The molecule has 0 aromatic rings. The van der Waals surface area contributed by atoms with E-state index in [0.717, 1.165) is 0 Å². The smallest absolute Gasteiger partial charge is 0.0897 e. The molecule has 0 saturated heterocycles. The number of hydrogen-bond acceptors (Lipinski definition) is 5. The van der Waals surface area contributed by atoms with Crippen LogP contribution in [0.2, 0.25) is 0 Å². The molecule has 0 bridgehead atoms. The number of ether oxygens (including phenoxy) is 2. The van der Waals surface area contributed by atoms with E-state index in [1.165, 1.54) is 0 Å². The summed E-state index contributed by atoms with van der Waals surface area (Å²) in [6.07, 6.45) is -0.919. The van der Waals surface area contributed by atoms with Gasteiger partial charge in [0.1, 0.15) is 0 Å². The zero-order chi connectivity index (χ0) is 13.1. The van der Waals surface area contributed by atoms with E-state index in [4.69, 9.17) is 9.47 Å². The number of aliphatic hydroxyl groups is 2. The van der Waals surface area contributed by atoms with E-state index >= 15 is 0 Å². The predicted octanol–water partition coefficient (Wildman–Crippen LogP) is 0.00690. The van der Waals surface area contributed by atoms with Crippen molar-refractivity contribution in [1.82, 2.24) is 5.32 Å². The minimum absolute atomic E-state index is 0.224. The highest BCUT2D eigenvalue weighted by Gasteiger charge is 2.09. The molecule has 0 saturated carbocycles. The molecular weight excluding hydrogens is 222 g/mol. The van der Waals surface area contributed by atoms with Gasteiger partial charge in [0, 0.05) is 19.7 Å². The fourth-order valence-electron chi connectivity index (χ4n) is 1.17. The molecule has 17 heavy (non-hydrogen) atoms. The Kier molecular flexibility index (Phi) is 10.8. The molecule has 5 heteroatoms. The van der Waals surface area contributed by atoms with Crippen LogP contribution >= 0.6 is 0 Å². The van der Waals surface area contributed by atoms with Crippen molar-refractivity contribution in [3.05, 3.63) is 0 Å². The van der Waals surface area contributed by atoms with Gasteiger partial charge in [-0.25, -0.2) is 0 Å². The van der Waals surface area contributed by atoms with E-state index in [9.17, 15) is 10.2 Å². The number of hydrogen-bond donors (Lipinski definition) is 3. The molecule has 3 N–H and O–H groups in total. The highest BCUT2D eigenvalue weighted by Crippen LogP contribution is 1.98. The maximum absolute atomic E-state index is 9.55. The second kappa shape index (κ2) is 10.9. The maximum Gasteiger partial charge on any atom is 0.0897 e. The van der Waals surface area contributed by atoms with E-state index in [1.807, 2.05) is 20.8 Å². The van der Waals surface area contributed by atoms with E-state index in [2.05, 4.69) is 5.32 Å². The van der Waals surface area contributed by atoms with E-state index in [1.54, 1.807) is 0 Å². The van der Waals surface area contributed by atoms with Crippen LogP contribution in [0.4, 0.5) is 0 Å². The Balaban J connectivity index is 3.31. The third kappa shape index (κ3) is 10.7. The Bertz CT molecular complexity index is 167. The van der Waals surface area contributed by atoms with Crippen LogP contribution in [0.1, 0.15) is 20.8 Å². The Hall–Kier alpha value is -0.200. The fourth-order valence-corrected chi connectivity index (χ4v) is 1.17. The highest BCUT2D eigenvalue weighted by molar-refractivity contribution is 4.65. The van der Waals surface area contributed by atoms with Crippen molar-refractivity contribution in [2.24, 2.45) is 5.92 Å². The average Bonchev–Trinajstić information content (AvgIpc) is 2.28. The van der Waals surface area contributed by atoms with Gasteiger partial charge in [0.25, 0.3) is 0 Å². The second-order valence-corrected chi connectivity index (χ2v) is 4.40. The standard InChI is InChI=1S/C12H27NO4/c1-4-16-5-6-17-9-11(14)7-13-8-12(15)10(2)3/h10-15H,4-9H2,1-3H3. The van der Waals surface area contributed by atoms with Crippen LogP contribution < -0.4 is 5.32 Å². The average molecular weight is 249 g/mol. The number of rotatable bonds is 11.